The molecule has 170 valence electrons. The number of halogens is 1. The largest absolute Gasteiger partial charge is 0.445 e. The smallest absolute Gasteiger partial charge is 0.408 e. The third-order valence-electron chi connectivity index (χ3n) is 4.93. The Bertz CT molecular complexity index is 820. The van der Waals surface area contributed by atoms with E-state index in [1.807, 2.05) is 13.8 Å². The Morgan fingerprint density at radius 1 is 1.23 bits per heavy atom. The summed E-state index contributed by atoms with van der Waals surface area (Å²) in [5, 5.41) is 7.80. The number of amides is 3. The molecule has 0 spiro atoms. The zero-order valence-electron chi connectivity index (χ0n) is 17.5. The molecule has 1 aliphatic heterocycles. The molecule has 1 heterocycles. The number of hydrogen-bond donors (Lipinski definition) is 4. The summed E-state index contributed by atoms with van der Waals surface area (Å²) < 4.78 is 5.20. The Morgan fingerprint density at radius 2 is 1.94 bits per heavy atom. The second-order valence-electron chi connectivity index (χ2n) is 7.91. The fraction of sp³-hybridized carbons (Fsp3) is 0.524. The van der Waals surface area contributed by atoms with E-state index in [-0.39, 0.29) is 30.8 Å². The van der Waals surface area contributed by atoms with E-state index < -0.39 is 29.2 Å². The molecule has 1 saturated heterocycles. The van der Waals surface area contributed by atoms with Gasteiger partial charge in [0.25, 0.3) is 0 Å². The van der Waals surface area contributed by atoms with Crippen molar-refractivity contribution >= 4 is 47.3 Å². The minimum Gasteiger partial charge on any atom is -0.445 e. The number of benzene rings is 1. The van der Waals surface area contributed by atoms with Crippen molar-refractivity contribution < 1.29 is 23.9 Å². The van der Waals surface area contributed by atoms with Crippen LogP contribution in [0.25, 0.3) is 0 Å². The first-order valence-electron chi connectivity index (χ1n) is 10.1. The van der Waals surface area contributed by atoms with Crippen molar-refractivity contribution in [2.75, 3.05) is 6.54 Å². The molecule has 0 saturated carbocycles. The average Bonchev–Trinajstić information content (AvgIpc) is 3.10. The molecule has 3 atom stereocenters. The van der Waals surface area contributed by atoms with Gasteiger partial charge in [0.05, 0.1) is 6.04 Å². The summed E-state index contributed by atoms with van der Waals surface area (Å²) in [7, 11) is 0. The number of carbonyl (C=O) groups is 4. The van der Waals surface area contributed by atoms with Crippen LogP contribution in [0.3, 0.4) is 0 Å². The normalized spacial score (nSPS) is 17.6. The van der Waals surface area contributed by atoms with Crippen LogP contribution in [0.4, 0.5) is 4.79 Å². The van der Waals surface area contributed by atoms with E-state index in [4.69, 9.17) is 16.3 Å². The van der Waals surface area contributed by atoms with Crippen LogP contribution in [0.1, 0.15) is 38.7 Å². The molecule has 1 aromatic carbocycles. The van der Waals surface area contributed by atoms with Gasteiger partial charge in [-0.25, -0.2) is 4.79 Å². The number of carbonyl (C=O) groups excluding carboxylic acids is 4. The van der Waals surface area contributed by atoms with Crippen molar-refractivity contribution in [3.63, 3.8) is 0 Å². The molecule has 2 rings (SSSR count). The van der Waals surface area contributed by atoms with Gasteiger partial charge in [0.15, 0.2) is 0 Å². The van der Waals surface area contributed by atoms with Gasteiger partial charge in [-0.05, 0) is 31.2 Å². The van der Waals surface area contributed by atoms with Gasteiger partial charge in [-0.3, -0.25) is 14.4 Å². The standard InChI is InChI=1S/C21H28ClN3O5S/c1-12(2)9-16(25-21(29)30-11-14-5-3-4-6-15(14)22)19(27)24-17(20(28)31)10-13-7-8-23-18(13)26/h3-6,12-13,16-17H,7-11H2,1-2H3,(H,23,26)(H,24,27)(H,25,29)(H,28,31)/t13-,16-,17-/m0/s1. The summed E-state index contributed by atoms with van der Waals surface area (Å²) in [6.45, 7) is 4.30. The lowest BCUT2D eigenvalue weighted by molar-refractivity contribution is -0.128. The molecule has 3 N–H and O–H groups in total. The summed E-state index contributed by atoms with van der Waals surface area (Å²) >= 11 is 9.91. The Balaban J connectivity index is 1.97. The molecule has 1 aliphatic rings. The van der Waals surface area contributed by atoms with E-state index in [0.717, 1.165) is 0 Å². The lowest BCUT2D eigenvalue weighted by atomic mass is 9.98. The van der Waals surface area contributed by atoms with Gasteiger partial charge < -0.3 is 20.7 Å². The number of rotatable bonds is 10. The molecular formula is C21H28ClN3O5S. The SMILES string of the molecule is CC(C)C[C@H](NC(=O)OCc1ccccc1Cl)C(=O)N[C@@H](C[C@@H]1CCNC1=O)C(=O)S. The molecule has 0 bridgehead atoms. The summed E-state index contributed by atoms with van der Waals surface area (Å²) in [5.41, 5.74) is 0.639. The Hall–Kier alpha value is -2.26. The second-order valence-corrected chi connectivity index (χ2v) is 8.75. The molecule has 3 amide bonds. The number of ether oxygens (including phenoxy) is 1. The number of alkyl carbamates (subject to hydrolysis) is 1. The summed E-state index contributed by atoms with van der Waals surface area (Å²) in [6, 6.07) is 5.12. The third kappa shape index (κ3) is 8.06. The van der Waals surface area contributed by atoms with Gasteiger partial charge in [0.1, 0.15) is 12.6 Å². The van der Waals surface area contributed by atoms with Gasteiger partial charge in [0.2, 0.25) is 16.9 Å². The summed E-state index contributed by atoms with van der Waals surface area (Å²) in [4.78, 5) is 48.8. The van der Waals surface area contributed by atoms with E-state index in [0.29, 0.717) is 30.0 Å². The highest BCUT2D eigenvalue weighted by Crippen LogP contribution is 2.18. The fourth-order valence-electron chi connectivity index (χ4n) is 3.29. The first-order chi connectivity index (χ1) is 14.7. The van der Waals surface area contributed by atoms with E-state index in [9.17, 15) is 19.2 Å². The zero-order chi connectivity index (χ0) is 23.0. The topological polar surface area (TPSA) is 114 Å². The zero-order valence-corrected chi connectivity index (χ0v) is 19.2. The Labute approximate surface area is 192 Å². The highest BCUT2D eigenvalue weighted by Gasteiger charge is 2.32. The minimum atomic E-state index is -0.930. The third-order valence-corrected chi connectivity index (χ3v) is 5.61. The number of thiol groups is 1. The molecule has 0 aromatic heterocycles. The quantitative estimate of drug-likeness (QED) is 0.393. The molecular weight excluding hydrogens is 442 g/mol. The van der Waals surface area contributed by atoms with Crippen molar-refractivity contribution in [1.29, 1.82) is 0 Å². The van der Waals surface area contributed by atoms with Crippen LogP contribution in [0.15, 0.2) is 24.3 Å². The minimum absolute atomic E-state index is 0.0456. The van der Waals surface area contributed by atoms with E-state index >= 15 is 0 Å². The molecule has 0 unspecified atom stereocenters. The Kier molecular flexibility index (Phi) is 9.64. The van der Waals surface area contributed by atoms with Gasteiger partial charge in [0, 0.05) is 23.0 Å². The van der Waals surface area contributed by atoms with Crippen LogP contribution in [-0.2, 0) is 25.7 Å². The van der Waals surface area contributed by atoms with Crippen molar-refractivity contribution in [1.82, 2.24) is 16.0 Å². The maximum absolute atomic E-state index is 12.8. The van der Waals surface area contributed by atoms with Gasteiger partial charge in [-0.2, -0.15) is 0 Å². The van der Waals surface area contributed by atoms with Crippen molar-refractivity contribution in [3.05, 3.63) is 34.9 Å². The van der Waals surface area contributed by atoms with E-state index in [1.54, 1.807) is 24.3 Å². The van der Waals surface area contributed by atoms with Crippen LogP contribution >= 0.6 is 24.2 Å². The lowest BCUT2D eigenvalue weighted by Gasteiger charge is -2.24. The number of hydrogen-bond acceptors (Lipinski definition) is 5. The molecule has 8 nitrogen and oxygen atoms in total. The van der Waals surface area contributed by atoms with Crippen LogP contribution in [0, 0.1) is 11.8 Å². The number of nitrogens with one attached hydrogen (secondary N) is 3. The molecule has 10 heteroatoms. The maximum Gasteiger partial charge on any atom is 0.408 e. The predicted octanol–water partition coefficient (Wildman–Crippen LogP) is 2.45. The second kappa shape index (κ2) is 12.0. The summed E-state index contributed by atoms with van der Waals surface area (Å²) in [5.74, 6) is -0.952. The highest BCUT2D eigenvalue weighted by atomic mass is 35.5. The van der Waals surface area contributed by atoms with Crippen molar-refractivity contribution in [3.8, 4) is 0 Å². The van der Waals surface area contributed by atoms with E-state index in [1.165, 1.54) is 0 Å². The van der Waals surface area contributed by atoms with Gasteiger partial charge in [-0.15, -0.1) is 12.6 Å². The van der Waals surface area contributed by atoms with Gasteiger partial charge in [-0.1, -0.05) is 43.6 Å². The summed E-state index contributed by atoms with van der Waals surface area (Å²) in [6.07, 6.45) is 0.314. The first kappa shape index (κ1) is 25.0. The van der Waals surface area contributed by atoms with Gasteiger partial charge >= 0.3 is 6.09 Å². The van der Waals surface area contributed by atoms with Crippen LogP contribution in [-0.4, -0.2) is 41.7 Å². The van der Waals surface area contributed by atoms with Crippen molar-refractivity contribution in [2.45, 2.75) is 51.8 Å². The molecule has 31 heavy (non-hydrogen) atoms. The Morgan fingerprint density at radius 3 is 2.52 bits per heavy atom. The van der Waals surface area contributed by atoms with E-state index in [2.05, 4.69) is 28.6 Å². The predicted molar refractivity (Wildman–Crippen MR) is 120 cm³/mol. The molecule has 0 radical (unpaired) electrons. The first-order valence-corrected chi connectivity index (χ1v) is 11.0. The monoisotopic (exact) mass is 469 g/mol. The molecule has 1 fully saturated rings. The molecule has 0 aliphatic carbocycles. The van der Waals surface area contributed by atoms with Crippen LogP contribution in [0.2, 0.25) is 5.02 Å². The average molecular weight is 470 g/mol. The lowest BCUT2D eigenvalue weighted by Crippen LogP contribution is -2.52. The van der Waals surface area contributed by atoms with Crippen molar-refractivity contribution in [2.24, 2.45) is 11.8 Å². The molecule has 1 aromatic rings. The fourth-order valence-corrected chi connectivity index (χ4v) is 3.65. The highest BCUT2D eigenvalue weighted by molar-refractivity contribution is 7.96. The van der Waals surface area contributed by atoms with Crippen LogP contribution in [0.5, 0.6) is 0 Å². The van der Waals surface area contributed by atoms with Crippen LogP contribution < -0.4 is 16.0 Å². The maximum atomic E-state index is 12.8.